The third kappa shape index (κ3) is 2.82. The molecule has 0 aromatic carbocycles. The molecule has 1 aromatic heterocycles. The van der Waals surface area contributed by atoms with Gasteiger partial charge in [-0.05, 0) is 26.0 Å². The number of carbonyl (C=O) groups excluding carboxylic acids is 1. The van der Waals surface area contributed by atoms with Gasteiger partial charge in [0.1, 0.15) is 11.5 Å². The standard InChI is InChI=1S/C13H19N3O/c1-11(2)15-6-8-16(9-7-15)13-5-3-4-12(10-17)14-13/h3-5,10-11H,6-9H2,1-2H3. The number of aldehydes is 1. The minimum absolute atomic E-state index is 0.508. The third-order valence-electron chi connectivity index (χ3n) is 3.25. The van der Waals surface area contributed by atoms with Crippen molar-refractivity contribution in [2.75, 3.05) is 31.1 Å². The summed E-state index contributed by atoms with van der Waals surface area (Å²) in [5, 5.41) is 0. The lowest BCUT2D eigenvalue weighted by Crippen LogP contribution is -2.49. The lowest BCUT2D eigenvalue weighted by atomic mass is 10.2. The first kappa shape index (κ1) is 12.0. The van der Waals surface area contributed by atoms with Gasteiger partial charge in [-0.1, -0.05) is 6.07 Å². The molecule has 0 atom stereocenters. The fourth-order valence-electron chi connectivity index (χ4n) is 2.15. The molecule has 1 saturated heterocycles. The molecular formula is C13H19N3O. The average Bonchev–Trinajstić information content (AvgIpc) is 2.39. The molecule has 2 rings (SSSR count). The van der Waals surface area contributed by atoms with Crippen molar-refractivity contribution < 1.29 is 4.79 Å². The summed E-state index contributed by atoms with van der Waals surface area (Å²) in [6.45, 7) is 8.53. The van der Waals surface area contributed by atoms with Crippen molar-refractivity contribution in [1.82, 2.24) is 9.88 Å². The summed E-state index contributed by atoms with van der Waals surface area (Å²) in [7, 11) is 0. The molecule has 1 aromatic rings. The summed E-state index contributed by atoms with van der Waals surface area (Å²) in [5.41, 5.74) is 0.508. The lowest BCUT2D eigenvalue weighted by Gasteiger charge is -2.37. The van der Waals surface area contributed by atoms with Crippen molar-refractivity contribution in [1.29, 1.82) is 0 Å². The van der Waals surface area contributed by atoms with Crippen molar-refractivity contribution in [3.63, 3.8) is 0 Å². The van der Waals surface area contributed by atoms with E-state index in [2.05, 4.69) is 28.6 Å². The Balaban J connectivity index is 2.02. The maximum absolute atomic E-state index is 10.7. The van der Waals surface area contributed by atoms with E-state index in [-0.39, 0.29) is 0 Å². The predicted octanol–water partition coefficient (Wildman–Crippen LogP) is 1.42. The Morgan fingerprint density at radius 2 is 1.94 bits per heavy atom. The van der Waals surface area contributed by atoms with Gasteiger partial charge < -0.3 is 4.90 Å². The van der Waals surface area contributed by atoms with Crippen molar-refractivity contribution in [2.45, 2.75) is 19.9 Å². The Bertz CT molecular complexity index is 384. The van der Waals surface area contributed by atoms with Gasteiger partial charge in [0.25, 0.3) is 0 Å². The van der Waals surface area contributed by atoms with Crippen LogP contribution in [0.1, 0.15) is 24.3 Å². The monoisotopic (exact) mass is 233 g/mol. The molecule has 1 aliphatic rings. The highest BCUT2D eigenvalue weighted by molar-refractivity contribution is 5.72. The number of piperazine rings is 1. The topological polar surface area (TPSA) is 36.4 Å². The van der Waals surface area contributed by atoms with Crippen molar-refractivity contribution in [2.24, 2.45) is 0 Å². The Hall–Kier alpha value is -1.42. The zero-order chi connectivity index (χ0) is 12.3. The zero-order valence-corrected chi connectivity index (χ0v) is 10.5. The van der Waals surface area contributed by atoms with E-state index in [1.165, 1.54) is 0 Å². The second-order valence-electron chi connectivity index (χ2n) is 4.66. The maximum atomic E-state index is 10.7. The highest BCUT2D eigenvalue weighted by Gasteiger charge is 2.19. The van der Waals surface area contributed by atoms with Crippen molar-refractivity contribution in [3.8, 4) is 0 Å². The van der Waals surface area contributed by atoms with Crippen LogP contribution >= 0.6 is 0 Å². The van der Waals surface area contributed by atoms with Gasteiger partial charge in [-0.2, -0.15) is 0 Å². The Morgan fingerprint density at radius 3 is 2.53 bits per heavy atom. The normalized spacial score (nSPS) is 17.5. The van der Waals surface area contributed by atoms with Gasteiger partial charge in [-0.25, -0.2) is 4.98 Å². The van der Waals surface area contributed by atoms with Crippen molar-refractivity contribution in [3.05, 3.63) is 23.9 Å². The number of hydrogen-bond acceptors (Lipinski definition) is 4. The average molecular weight is 233 g/mol. The molecule has 0 bridgehead atoms. The quantitative estimate of drug-likeness (QED) is 0.740. The van der Waals surface area contributed by atoms with E-state index in [1.807, 2.05) is 12.1 Å². The van der Waals surface area contributed by atoms with E-state index in [4.69, 9.17) is 0 Å². The molecule has 0 aliphatic carbocycles. The number of anilines is 1. The van der Waals surface area contributed by atoms with E-state index in [0.717, 1.165) is 38.3 Å². The molecular weight excluding hydrogens is 214 g/mol. The molecule has 0 saturated carbocycles. The van der Waals surface area contributed by atoms with Crippen LogP contribution in [0, 0.1) is 0 Å². The van der Waals surface area contributed by atoms with Crippen LogP contribution in [0.15, 0.2) is 18.2 Å². The molecule has 0 spiro atoms. The van der Waals surface area contributed by atoms with Gasteiger partial charge >= 0.3 is 0 Å². The molecule has 0 N–H and O–H groups in total. The molecule has 0 unspecified atom stereocenters. The fourth-order valence-corrected chi connectivity index (χ4v) is 2.15. The van der Waals surface area contributed by atoms with Crippen molar-refractivity contribution >= 4 is 12.1 Å². The molecule has 0 amide bonds. The number of pyridine rings is 1. The number of carbonyl (C=O) groups is 1. The van der Waals surface area contributed by atoms with Crippen LogP contribution in [0.2, 0.25) is 0 Å². The maximum Gasteiger partial charge on any atom is 0.168 e. The fraction of sp³-hybridized carbons (Fsp3) is 0.538. The van der Waals surface area contributed by atoms with Crippen LogP contribution < -0.4 is 4.90 Å². The summed E-state index contributed by atoms with van der Waals surface area (Å²) in [5.74, 6) is 0.915. The van der Waals surface area contributed by atoms with Gasteiger partial charge in [0.05, 0.1) is 0 Å². The first-order valence-corrected chi connectivity index (χ1v) is 6.12. The van der Waals surface area contributed by atoms with E-state index in [1.54, 1.807) is 6.07 Å². The highest BCUT2D eigenvalue weighted by atomic mass is 16.1. The molecule has 1 aliphatic heterocycles. The van der Waals surface area contributed by atoms with Crippen LogP contribution in [0.4, 0.5) is 5.82 Å². The first-order valence-electron chi connectivity index (χ1n) is 6.12. The van der Waals surface area contributed by atoms with E-state index >= 15 is 0 Å². The van der Waals surface area contributed by atoms with Crippen LogP contribution in [0.25, 0.3) is 0 Å². The summed E-state index contributed by atoms with van der Waals surface area (Å²) in [4.78, 5) is 19.7. The van der Waals surface area contributed by atoms with Gasteiger partial charge in [0.15, 0.2) is 6.29 Å². The number of nitrogens with zero attached hydrogens (tertiary/aromatic N) is 3. The smallest absolute Gasteiger partial charge is 0.168 e. The minimum atomic E-state index is 0.508. The largest absolute Gasteiger partial charge is 0.354 e. The summed E-state index contributed by atoms with van der Waals surface area (Å²) in [6.07, 6.45) is 0.799. The van der Waals surface area contributed by atoms with Crippen LogP contribution in [-0.2, 0) is 0 Å². The summed E-state index contributed by atoms with van der Waals surface area (Å²) in [6, 6.07) is 6.20. The predicted molar refractivity (Wildman–Crippen MR) is 68.5 cm³/mol. The van der Waals surface area contributed by atoms with Gasteiger partial charge in [0.2, 0.25) is 0 Å². The van der Waals surface area contributed by atoms with Gasteiger partial charge in [0, 0.05) is 32.2 Å². The number of rotatable bonds is 3. The van der Waals surface area contributed by atoms with Gasteiger partial charge in [-0.15, -0.1) is 0 Å². The lowest BCUT2D eigenvalue weighted by molar-refractivity contribution is 0.111. The van der Waals surface area contributed by atoms with Crippen LogP contribution in [0.5, 0.6) is 0 Å². The zero-order valence-electron chi connectivity index (χ0n) is 10.5. The molecule has 2 heterocycles. The minimum Gasteiger partial charge on any atom is -0.354 e. The Morgan fingerprint density at radius 1 is 1.24 bits per heavy atom. The van der Waals surface area contributed by atoms with Crippen LogP contribution in [0.3, 0.4) is 0 Å². The molecule has 4 heteroatoms. The van der Waals surface area contributed by atoms with Gasteiger partial charge in [-0.3, -0.25) is 9.69 Å². The van der Waals surface area contributed by atoms with E-state index < -0.39 is 0 Å². The Labute approximate surface area is 102 Å². The molecule has 1 fully saturated rings. The second-order valence-corrected chi connectivity index (χ2v) is 4.66. The second kappa shape index (κ2) is 5.27. The molecule has 17 heavy (non-hydrogen) atoms. The van der Waals surface area contributed by atoms with Crippen LogP contribution in [-0.4, -0.2) is 48.4 Å². The third-order valence-corrected chi connectivity index (χ3v) is 3.25. The van der Waals surface area contributed by atoms with E-state index in [0.29, 0.717) is 11.7 Å². The summed E-state index contributed by atoms with van der Waals surface area (Å²) < 4.78 is 0. The molecule has 92 valence electrons. The Kier molecular flexibility index (Phi) is 3.74. The molecule has 0 radical (unpaired) electrons. The highest BCUT2D eigenvalue weighted by Crippen LogP contribution is 2.14. The summed E-state index contributed by atoms with van der Waals surface area (Å²) >= 11 is 0. The first-order chi connectivity index (χ1) is 8.20. The number of aromatic nitrogens is 1. The van der Waals surface area contributed by atoms with E-state index in [9.17, 15) is 4.79 Å². The molecule has 4 nitrogen and oxygen atoms in total. The number of hydrogen-bond donors (Lipinski definition) is 0. The SMILES string of the molecule is CC(C)N1CCN(c2cccc(C=O)n2)CC1.